The van der Waals surface area contributed by atoms with Crippen molar-refractivity contribution in [2.45, 2.75) is 155 Å². The Labute approximate surface area is 284 Å². The van der Waals surface area contributed by atoms with E-state index in [2.05, 4.69) is 13.8 Å². The predicted octanol–water partition coefficient (Wildman–Crippen LogP) is 6.27. The van der Waals surface area contributed by atoms with Crippen molar-refractivity contribution in [2.75, 3.05) is 7.11 Å². The third kappa shape index (κ3) is 11.9. The van der Waals surface area contributed by atoms with E-state index in [1.54, 1.807) is 20.1 Å². The first-order chi connectivity index (χ1) is 21.6. The lowest BCUT2D eigenvalue weighted by Crippen LogP contribution is -2.43. The fourth-order valence-corrected chi connectivity index (χ4v) is 7.33. The van der Waals surface area contributed by atoms with Crippen LogP contribution in [0.3, 0.4) is 0 Å². The molecule has 2 aliphatic heterocycles. The minimum Gasteiger partial charge on any atom is -0.457 e. The Morgan fingerprint density at radius 2 is 1.85 bits per heavy atom. The van der Waals surface area contributed by atoms with E-state index in [-0.39, 0.29) is 59.4 Å². The SMILES string of the molecule is CC[C@H](OC)[C@@H](C)[C@H]1O[C@@H]1C(O)[C@H](C)/C=C/C=C(\C)C1OC(=O)C[C@H](CC(C)(C)[Si](C)(C)O)CC[C@@](C)(O)[C@@H](OC(C)=O)/C=C/[C@@H]1C. The second-order valence-electron chi connectivity index (χ2n) is 15.5. The number of allylic oxidation sites excluding steroid dienone is 2. The molecule has 0 aromatic heterocycles. The summed E-state index contributed by atoms with van der Waals surface area (Å²) in [6, 6.07) is 0. The van der Waals surface area contributed by atoms with Crippen molar-refractivity contribution in [3.8, 4) is 0 Å². The van der Waals surface area contributed by atoms with Crippen LogP contribution >= 0.6 is 0 Å². The van der Waals surface area contributed by atoms with Gasteiger partial charge in [0.05, 0.1) is 18.3 Å². The van der Waals surface area contributed by atoms with Gasteiger partial charge in [-0.2, -0.15) is 0 Å². The number of hydrogen-bond acceptors (Lipinski definition) is 9. The van der Waals surface area contributed by atoms with Crippen LogP contribution in [0.2, 0.25) is 18.1 Å². The van der Waals surface area contributed by atoms with Crippen molar-refractivity contribution in [2.24, 2.45) is 23.7 Å². The quantitative estimate of drug-likeness (QED) is 0.0677. The van der Waals surface area contributed by atoms with Crippen molar-refractivity contribution in [1.82, 2.24) is 0 Å². The van der Waals surface area contributed by atoms with Crippen molar-refractivity contribution in [3.05, 3.63) is 36.0 Å². The number of epoxide rings is 1. The minimum absolute atomic E-state index is 0.0388. The van der Waals surface area contributed by atoms with Gasteiger partial charge in [0, 0.05) is 38.2 Å². The first-order valence-corrected chi connectivity index (χ1v) is 20.3. The second-order valence-corrected chi connectivity index (χ2v) is 20.0. The molecule has 9 nitrogen and oxygen atoms in total. The second kappa shape index (κ2) is 17.2. The highest BCUT2D eigenvalue weighted by Gasteiger charge is 2.50. The lowest BCUT2D eigenvalue weighted by molar-refractivity contribution is -0.156. The first kappa shape index (κ1) is 41.3. The largest absolute Gasteiger partial charge is 0.457 e. The van der Waals surface area contributed by atoms with Gasteiger partial charge in [-0.15, -0.1) is 0 Å². The van der Waals surface area contributed by atoms with Gasteiger partial charge in [0.25, 0.3) is 0 Å². The number of esters is 2. The van der Waals surface area contributed by atoms with Crippen LogP contribution in [-0.4, -0.2) is 84.6 Å². The Morgan fingerprint density at radius 1 is 1.21 bits per heavy atom. The summed E-state index contributed by atoms with van der Waals surface area (Å²) in [5.41, 5.74) is -0.551. The molecule has 3 N–H and O–H groups in total. The number of carbonyl (C=O) groups excluding carboxylic acids is 2. The molecule has 0 aromatic carbocycles. The van der Waals surface area contributed by atoms with Gasteiger partial charge < -0.3 is 34.0 Å². The number of carbonyl (C=O) groups is 2. The molecule has 0 spiro atoms. The zero-order chi connectivity index (χ0) is 35.9. The number of ether oxygens (including phenoxy) is 4. The van der Waals surface area contributed by atoms with Gasteiger partial charge in [-0.25, -0.2) is 0 Å². The normalized spacial score (nSPS) is 33.2. The molecule has 0 aromatic rings. The van der Waals surface area contributed by atoms with Crippen LogP contribution in [0.15, 0.2) is 36.0 Å². The van der Waals surface area contributed by atoms with Gasteiger partial charge in [-0.3, -0.25) is 9.59 Å². The van der Waals surface area contributed by atoms with E-state index in [1.807, 2.05) is 72.0 Å². The van der Waals surface area contributed by atoms with E-state index in [1.165, 1.54) is 6.92 Å². The van der Waals surface area contributed by atoms with Crippen LogP contribution in [0.1, 0.15) is 94.4 Å². The highest BCUT2D eigenvalue weighted by atomic mass is 28.4. The molecule has 270 valence electrons. The fourth-order valence-electron chi connectivity index (χ4n) is 6.55. The highest BCUT2D eigenvalue weighted by molar-refractivity contribution is 6.72. The molecule has 10 heteroatoms. The van der Waals surface area contributed by atoms with Gasteiger partial charge in [-0.05, 0) is 75.2 Å². The zero-order valence-corrected chi connectivity index (χ0v) is 32.0. The number of methoxy groups -OCH3 is 1. The Balaban J connectivity index is 2.31. The molecule has 2 heterocycles. The van der Waals surface area contributed by atoms with E-state index in [0.29, 0.717) is 19.3 Å². The topological polar surface area (TPSA) is 135 Å². The lowest BCUT2D eigenvalue weighted by atomic mass is 9.83. The van der Waals surface area contributed by atoms with Crippen LogP contribution in [0, 0.1) is 23.7 Å². The van der Waals surface area contributed by atoms with Crippen LogP contribution in [0.25, 0.3) is 0 Å². The van der Waals surface area contributed by atoms with Crippen molar-refractivity contribution >= 4 is 20.3 Å². The van der Waals surface area contributed by atoms with Crippen LogP contribution in [0.4, 0.5) is 0 Å². The summed E-state index contributed by atoms with van der Waals surface area (Å²) in [6.07, 6.45) is 9.27. The molecular formula is C37H64O9Si. The summed E-state index contributed by atoms with van der Waals surface area (Å²) in [5, 5.41) is 22.1. The Hall–Kier alpha value is -1.82. The van der Waals surface area contributed by atoms with Crippen molar-refractivity contribution in [1.29, 1.82) is 0 Å². The van der Waals surface area contributed by atoms with E-state index in [4.69, 9.17) is 18.9 Å². The van der Waals surface area contributed by atoms with Gasteiger partial charge in [0.15, 0.2) is 8.32 Å². The molecule has 47 heavy (non-hydrogen) atoms. The van der Waals surface area contributed by atoms with E-state index in [0.717, 1.165) is 12.0 Å². The molecule has 2 rings (SSSR count). The maximum Gasteiger partial charge on any atom is 0.306 e. The maximum atomic E-state index is 13.5. The molecule has 0 aliphatic carbocycles. The van der Waals surface area contributed by atoms with Gasteiger partial charge in [0.1, 0.15) is 23.9 Å². The molecule has 1 saturated heterocycles. The number of aliphatic hydroxyl groups is 2. The molecular weight excluding hydrogens is 616 g/mol. The van der Waals surface area contributed by atoms with Crippen LogP contribution in [0.5, 0.6) is 0 Å². The number of aliphatic hydroxyl groups excluding tert-OH is 1. The van der Waals surface area contributed by atoms with Crippen LogP contribution < -0.4 is 0 Å². The highest BCUT2D eigenvalue weighted by Crippen LogP contribution is 2.44. The third-order valence-corrected chi connectivity index (χ3v) is 14.2. The van der Waals surface area contributed by atoms with Gasteiger partial charge >= 0.3 is 11.9 Å². The summed E-state index contributed by atoms with van der Waals surface area (Å²) >= 11 is 0. The number of cyclic esters (lactones) is 1. The van der Waals surface area contributed by atoms with Gasteiger partial charge in [-0.1, -0.05) is 65.8 Å². The summed E-state index contributed by atoms with van der Waals surface area (Å²) in [4.78, 5) is 36.5. The molecule has 1 fully saturated rings. The molecule has 11 atom stereocenters. The number of hydrogen-bond donors (Lipinski definition) is 3. The zero-order valence-electron chi connectivity index (χ0n) is 31.0. The smallest absolute Gasteiger partial charge is 0.306 e. The molecule has 0 amide bonds. The van der Waals surface area contributed by atoms with E-state index in [9.17, 15) is 24.6 Å². The molecule has 2 aliphatic rings. The molecule has 2 unspecified atom stereocenters. The Kier molecular flexibility index (Phi) is 15.1. The monoisotopic (exact) mass is 680 g/mol. The Morgan fingerprint density at radius 3 is 2.40 bits per heavy atom. The van der Waals surface area contributed by atoms with Crippen molar-refractivity contribution in [3.63, 3.8) is 0 Å². The molecule has 0 saturated carbocycles. The summed E-state index contributed by atoms with van der Waals surface area (Å²) in [5.74, 6) is -1.27. The minimum atomic E-state index is -2.57. The van der Waals surface area contributed by atoms with E-state index < -0.39 is 38.2 Å². The average molecular weight is 681 g/mol. The molecule has 0 radical (unpaired) electrons. The number of rotatable bonds is 13. The van der Waals surface area contributed by atoms with Gasteiger partial charge in [0.2, 0.25) is 0 Å². The average Bonchev–Trinajstić information content (AvgIpc) is 3.76. The van der Waals surface area contributed by atoms with Crippen molar-refractivity contribution < 1.29 is 43.5 Å². The first-order valence-electron chi connectivity index (χ1n) is 17.4. The van der Waals surface area contributed by atoms with E-state index >= 15 is 0 Å². The molecule has 0 bridgehead atoms. The summed E-state index contributed by atoms with van der Waals surface area (Å²) < 4.78 is 23.1. The van der Waals surface area contributed by atoms with Crippen LogP contribution in [-0.2, 0) is 28.5 Å². The standard InChI is InChI=1S/C37H64O9Si/c1-13-29(43-10)26(5)34-35(46-34)32(40)23(2)15-14-16-24(3)33-25(4)17-18-30(44-27(6)38)37(9,41)20-19-28(21-31(39)45-33)22-36(7,8)47(11,12)42/h14-18,23,25-26,28-30,32-35,40-42H,13,19-22H2,1-12H3/b15-14+,18-17+,24-16+/t23-,25+,26-,28-,29+,30+,32?,33?,34-,35-,37-/m1/s1. The lowest BCUT2D eigenvalue weighted by Gasteiger charge is -2.39. The Bertz CT molecular complexity index is 1120. The summed E-state index contributed by atoms with van der Waals surface area (Å²) in [7, 11) is -0.868. The summed E-state index contributed by atoms with van der Waals surface area (Å²) in [6.45, 7) is 20.8. The fraction of sp³-hybridized carbons (Fsp3) is 0.784. The maximum absolute atomic E-state index is 13.5. The predicted molar refractivity (Wildman–Crippen MR) is 187 cm³/mol. The third-order valence-electron chi connectivity index (χ3n) is 10.7.